The highest BCUT2D eigenvalue weighted by molar-refractivity contribution is 6.51. The summed E-state index contributed by atoms with van der Waals surface area (Å²) >= 11 is 17.8. The normalized spacial score (nSPS) is 18.6. The van der Waals surface area contributed by atoms with Gasteiger partial charge in [0.15, 0.2) is 10.7 Å². The lowest BCUT2D eigenvalue weighted by Gasteiger charge is -2.29. The highest BCUT2D eigenvalue weighted by atomic mass is 35.5. The Hall–Kier alpha value is -1.68. The van der Waals surface area contributed by atoms with E-state index in [4.69, 9.17) is 40.1 Å². The first kappa shape index (κ1) is 19.4. The largest absolute Gasteiger partial charge is 0.465 e. The lowest BCUT2D eigenvalue weighted by molar-refractivity contribution is -0.139. The first-order chi connectivity index (χ1) is 10.7. The van der Waals surface area contributed by atoms with Crippen molar-refractivity contribution in [3.05, 3.63) is 34.8 Å². The number of carbonyl (C=O) groups is 2. The lowest BCUT2D eigenvalue weighted by Crippen LogP contribution is -2.30. The number of nitrogens with zero attached hydrogens (tertiary/aromatic N) is 2. The molecule has 0 saturated carbocycles. The van der Waals surface area contributed by atoms with Gasteiger partial charge < -0.3 is 14.4 Å². The molecule has 0 aliphatic carbocycles. The molecule has 1 unspecified atom stereocenters. The Morgan fingerprint density at radius 1 is 1.30 bits per heavy atom. The molecule has 6 nitrogen and oxygen atoms in total. The Kier molecular flexibility index (Phi) is 6.51. The van der Waals surface area contributed by atoms with Crippen LogP contribution in [-0.2, 0) is 19.1 Å². The van der Waals surface area contributed by atoms with Crippen molar-refractivity contribution in [2.24, 2.45) is 5.92 Å². The van der Waals surface area contributed by atoms with E-state index in [1.807, 2.05) is 0 Å². The van der Waals surface area contributed by atoms with Gasteiger partial charge in [0.25, 0.3) is 0 Å². The number of nitriles is 1. The average molecular weight is 380 g/mol. The number of ether oxygens (including phenoxy) is 2. The third-order valence-corrected chi connectivity index (χ3v) is 3.99. The fourth-order valence-corrected chi connectivity index (χ4v) is 2.62. The molecular weight excluding hydrogens is 367 g/mol. The minimum absolute atomic E-state index is 0.234. The molecule has 124 valence electrons. The van der Waals surface area contributed by atoms with Crippen molar-refractivity contribution in [2.75, 3.05) is 14.2 Å². The van der Waals surface area contributed by atoms with Crippen LogP contribution in [0.2, 0.25) is 0 Å². The monoisotopic (exact) mass is 378 g/mol. The number of methoxy groups -OCH3 is 2. The van der Waals surface area contributed by atoms with Crippen molar-refractivity contribution in [3.8, 4) is 6.07 Å². The minimum atomic E-state index is -1.66. The maximum Gasteiger partial charge on any atom is 0.356 e. The molecule has 1 aliphatic heterocycles. The fraction of sp³-hybridized carbons (Fsp3) is 0.357. The highest BCUT2D eigenvalue weighted by Gasteiger charge is 2.37. The molecule has 1 heterocycles. The zero-order chi connectivity index (χ0) is 17.8. The maximum absolute atomic E-state index is 11.9. The van der Waals surface area contributed by atoms with Gasteiger partial charge in [-0.25, -0.2) is 9.59 Å². The minimum Gasteiger partial charge on any atom is -0.465 e. The van der Waals surface area contributed by atoms with Gasteiger partial charge in [-0.2, -0.15) is 5.26 Å². The Balaban J connectivity index is 3.30. The van der Waals surface area contributed by atoms with Gasteiger partial charge in [-0.05, 0) is 12.5 Å². The molecule has 9 heteroatoms. The molecule has 1 rings (SSSR count). The topological polar surface area (TPSA) is 79.6 Å². The fourth-order valence-electron chi connectivity index (χ4n) is 1.88. The van der Waals surface area contributed by atoms with E-state index in [0.29, 0.717) is 5.57 Å². The van der Waals surface area contributed by atoms with E-state index < -0.39 is 27.2 Å². The number of halogens is 3. The zero-order valence-corrected chi connectivity index (χ0v) is 14.7. The smallest absolute Gasteiger partial charge is 0.356 e. The Bertz CT molecular complexity index is 647. The predicted molar refractivity (Wildman–Crippen MR) is 85.2 cm³/mol. The lowest BCUT2D eigenvalue weighted by atomic mass is 9.95. The van der Waals surface area contributed by atoms with Crippen molar-refractivity contribution in [2.45, 2.75) is 11.3 Å². The van der Waals surface area contributed by atoms with Crippen LogP contribution in [-0.4, -0.2) is 35.4 Å². The Labute approximate surface area is 148 Å². The van der Waals surface area contributed by atoms with Crippen molar-refractivity contribution in [3.63, 3.8) is 0 Å². The molecular formula is C14H13Cl3N2O4. The van der Waals surface area contributed by atoms with E-state index in [1.54, 1.807) is 13.0 Å². The summed E-state index contributed by atoms with van der Waals surface area (Å²) in [6.07, 6.45) is 4.40. The second-order valence-electron chi connectivity index (χ2n) is 4.48. The molecule has 0 N–H and O–H groups in total. The summed E-state index contributed by atoms with van der Waals surface area (Å²) in [5.41, 5.74) is 0.344. The second kappa shape index (κ2) is 7.73. The molecule has 1 aliphatic rings. The Morgan fingerprint density at radius 3 is 2.30 bits per heavy atom. The quantitative estimate of drug-likeness (QED) is 0.424. The third-order valence-electron chi connectivity index (χ3n) is 3.02. The van der Waals surface area contributed by atoms with E-state index in [2.05, 4.69) is 9.47 Å². The standard InChI is InChI=1S/C14H13Cl3N2O4/c1-8-6-19(5-4-9(8)14(16,17)7-18)11(13(21)23-3)10(15)12(20)22-2/h4-6,9H,1-3H3/b11-10-. The molecule has 0 bridgehead atoms. The predicted octanol–water partition coefficient (Wildman–Crippen LogP) is 2.83. The van der Waals surface area contributed by atoms with Gasteiger partial charge in [-0.3, -0.25) is 0 Å². The first-order valence-electron chi connectivity index (χ1n) is 6.20. The van der Waals surface area contributed by atoms with Gasteiger partial charge in [0.1, 0.15) is 6.07 Å². The van der Waals surface area contributed by atoms with Crippen molar-refractivity contribution < 1.29 is 19.1 Å². The SMILES string of the molecule is COC(=O)/C(Cl)=C(\C(=O)OC)N1C=CC(C(Cl)(Cl)C#N)C(C)=C1. The molecule has 1 atom stereocenters. The number of esters is 2. The van der Waals surface area contributed by atoms with Gasteiger partial charge in [-0.15, -0.1) is 0 Å². The zero-order valence-electron chi connectivity index (χ0n) is 12.5. The molecule has 0 spiro atoms. The summed E-state index contributed by atoms with van der Waals surface area (Å²) in [7, 11) is 2.28. The number of carbonyl (C=O) groups excluding carboxylic acids is 2. The summed E-state index contributed by atoms with van der Waals surface area (Å²) in [6.45, 7) is 1.67. The number of hydrogen-bond donors (Lipinski definition) is 0. The van der Waals surface area contributed by atoms with E-state index in [1.165, 1.54) is 23.4 Å². The molecule has 23 heavy (non-hydrogen) atoms. The first-order valence-corrected chi connectivity index (χ1v) is 7.33. The molecule has 0 aromatic carbocycles. The number of rotatable bonds is 4. The van der Waals surface area contributed by atoms with Crippen LogP contribution in [0.15, 0.2) is 34.8 Å². The molecule has 0 aromatic rings. The van der Waals surface area contributed by atoms with E-state index in [9.17, 15) is 9.59 Å². The molecule has 0 amide bonds. The Morgan fingerprint density at radius 2 is 1.87 bits per heavy atom. The van der Waals surface area contributed by atoms with Crippen LogP contribution in [0.25, 0.3) is 0 Å². The van der Waals surface area contributed by atoms with Gasteiger partial charge in [0, 0.05) is 18.3 Å². The van der Waals surface area contributed by atoms with Crippen LogP contribution in [0.1, 0.15) is 6.92 Å². The molecule has 0 saturated heterocycles. The van der Waals surface area contributed by atoms with Crippen LogP contribution in [0.5, 0.6) is 0 Å². The molecule has 0 fully saturated rings. The summed E-state index contributed by atoms with van der Waals surface area (Å²) in [5, 5.41) is 8.55. The van der Waals surface area contributed by atoms with Crippen molar-refractivity contribution in [1.82, 2.24) is 4.90 Å². The number of alkyl halides is 2. The van der Waals surface area contributed by atoms with Gasteiger partial charge in [0.2, 0.25) is 4.33 Å². The summed E-state index contributed by atoms with van der Waals surface area (Å²) < 4.78 is 7.48. The van der Waals surface area contributed by atoms with Gasteiger partial charge in [0.05, 0.1) is 14.2 Å². The number of allylic oxidation sites excluding steroid dienone is 2. The van der Waals surface area contributed by atoms with Crippen LogP contribution in [0, 0.1) is 17.2 Å². The van der Waals surface area contributed by atoms with Crippen LogP contribution < -0.4 is 0 Å². The maximum atomic E-state index is 11.9. The molecule has 0 radical (unpaired) electrons. The van der Waals surface area contributed by atoms with Crippen molar-refractivity contribution >= 4 is 46.7 Å². The third kappa shape index (κ3) is 4.20. The van der Waals surface area contributed by atoms with Gasteiger partial charge in [-0.1, -0.05) is 40.9 Å². The van der Waals surface area contributed by atoms with Gasteiger partial charge >= 0.3 is 11.9 Å². The van der Waals surface area contributed by atoms with Crippen molar-refractivity contribution in [1.29, 1.82) is 5.26 Å². The van der Waals surface area contributed by atoms with E-state index >= 15 is 0 Å². The summed E-state index contributed by atoms with van der Waals surface area (Å²) in [6, 6.07) is 1.79. The number of hydrogen-bond acceptors (Lipinski definition) is 6. The average Bonchev–Trinajstić information content (AvgIpc) is 2.53. The van der Waals surface area contributed by atoms with Crippen LogP contribution in [0.4, 0.5) is 0 Å². The van der Waals surface area contributed by atoms with E-state index in [0.717, 1.165) is 14.2 Å². The summed E-state index contributed by atoms with van der Waals surface area (Å²) in [5.74, 6) is -2.33. The summed E-state index contributed by atoms with van der Waals surface area (Å²) in [4.78, 5) is 24.8. The molecule has 0 aromatic heterocycles. The van der Waals surface area contributed by atoms with Crippen LogP contribution >= 0.6 is 34.8 Å². The second-order valence-corrected chi connectivity index (χ2v) is 6.24. The highest BCUT2D eigenvalue weighted by Crippen LogP contribution is 2.38. The van der Waals surface area contributed by atoms with Crippen LogP contribution in [0.3, 0.4) is 0 Å². The van der Waals surface area contributed by atoms with E-state index in [-0.39, 0.29) is 5.70 Å².